The number of phenolic OH excluding ortho intramolecular Hbond substituents is 1. The minimum absolute atomic E-state index is 0.0119. The second kappa shape index (κ2) is 8.31. The highest BCUT2D eigenvalue weighted by molar-refractivity contribution is 7.18. The Balaban J connectivity index is 1.67. The Bertz CT molecular complexity index is 1150. The van der Waals surface area contributed by atoms with E-state index in [2.05, 4.69) is 10.6 Å². The molecule has 0 bridgehead atoms. The van der Waals surface area contributed by atoms with Crippen LogP contribution in [0.5, 0.6) is 17.2 Å². The normalized spacial score (nSPS) is 15.1. The van der Waals surface area contributed by atoms with Gasteiger partial charge in [0.2, 0.25) is 5.91 Å². The summed E-state index contributed by atoms with van der Waals surface area (Å²) in [6.45, 7) is 1.88. The van der Waals surface area contributed by atoms with Crippen LogP contribution in [0, 0.1) is 6.92 Å². The lowest BCUT2D eigenvalue weighted by Crippen LogP contribution is -2.22. The quantitative estimate of drug-likeness (QED) is 0.545. The summed E-state index contributed by atoms with van der Waals surface area (Å²) >= 11 is 1.26. The number of benzene rings is 2. The highest BCUT2D eigenvalue weighted by Crippen LogP contribution is 2.46. The Morgan fingerprint density at radius 3 is 2.55 bits per heavy atom. The highest BCUT2D eigenvalue weighted by atomic mass is 32.1. The number of hydrogen-bond donors (Lipinski definition) is 3. The molecule has 3 aromatic rings. The van der Waals surface area contributed by atoms with E-state index in [1.165, 1.54) is 18.4 Å². The molecule has 31 heavy (non-hydrogen) atoms. The molecule has 2 aromatic carbocycles. The lowest BCUT2D eigenvalue weighted by molar-refractivity contribution is -0.116. The number of nitrogens with one attached hydrogen (secondary N) is 2. The van der Waals surface area contributed by atoms with Gasteiger partial charge in [0, 0.05) is 18.0 Å². The molecule has 2 amide bonds. The smallest absolute Gasteiger partial charge is 0.266 e. The van der Waals surface area contributed by atoms with Gasteiger partial charge in [-0.25, -0.2) is 0 Å². The van der Waals surface area contributed by atoms with Crippen LogP contribution < -0.4 is 20.1 Å². The number of hydrogen-bond acceptors (Lipinski definition) is 6. The number of ether oxygens (including phenoxy) is 2. The molecule has 1 aromatic heterocycles. The van der Waals surface area contributed by atoms with Gasteiger partial charge in [-0.15, -0.1) is 11.3 Å². The summed E-state index contributed by atoms with van der Waals surface area (Å²) in [5.41, 5.74) is 3.15. The number of fused-ring (bicyclic) bond motifs is 1. The van der Waals surface area contributed by atoms with Crippen LogP contribution in [0.3, 0.4) is 0 Å². The first-order chi connectivity index (χ1) is 14.9. The third-order valence-corrected chi connectivity index (χ3v) is 6.57. The number of amides is 2. The van der Waals surface area contributed by atoms with Gasteiger partial charge in [-0.1, -0.05) is 6.07 Å². The van der Waals surface area contributed by atoms with Crippen LogP contribution >= 0.6 is 11.3 Å². The van der Waals surface area contributed by atoms with Gasteiger partial charge in [0.05, 0.1) is 24.1 Å². The molecule has 3 N–H and O–H groups in total. The molecule has 8 heteroatoms. The number of methoxy groups -OCH3 is 2. The van der Waals surface area contributed by atoms with Crippen LogP contribution in [0.4, 0.5) is 10.7 Å². The maximum absolute atomic E-state index is 13.0. The van der Waals surface area contributed by atoms with Gasteiger partial charge >= 0.3 is 0 Å². The number of aromatic hydroxyl groups is 1. The topological polar surface area (TPSA) is 96.9 Å². The van der Waals surface area contributed by atoms with Crippen molar-refractivity contribution in [1.82, 2.24) is 0 Å². The largest absolute Gasteiger partial charge is 0.504 e. The molecule has 0 fully saturated rings. The fourth-order valence-corrected chi connectivity index (χ4v) is 4.97. The van der Waals surface area contributed by atoms with Crippen LogP contribution in [0.15, 0.2) is 42.5 Å². The molecule has 0 unspecified atom stereocenters. The number of phenols is 1. The fourth-order valence-electron chi connectivity index (χ4n) is 3.79. The summed E-state index contributed by atoms with van der Waals surface area (Å²) in [4.78, 5) is 25.9. The van der Waals surface area contributed by atoms with Crippen molar-refractivity contribution in [3.8, 4) is 17.2 Å². The predicted octanol–water partition coefficient (Wildman–Crippen LogP) is 4.51. The zero-order valence-electron chi connectivity index (χ0n) is 17.3. The molecule has 160 valence electrons. The Labute approximate surface area is 183 Å². The first-order valence-corrected chi connectivity index (χ1v) is 10.5. The van der Waals surface area contributed by atoms with E-state index >= 15 is 0 Å². The second-order valence-electron chi connectivity index (χ2n) is 7.22. The molecule has 1 aliphatic heterocycles. The van der Waals surface area contributed by atoms with Crippen molar-refractivity contribution in [2.75, 3.05) is 24.9 Å². The maximum atomic E-state index is 13.0. The number of rotatable bonds is 5. The molecule has 2 heterocycles. The summed E-state index contributed by atoms with van der Waals surface area (Å²) in [5, 5.41) is 16.6. The molecule has 0 saturated heterocycles. The Kier molecular flexibility index (Phi) is 5.56. The van der Waals surface area contributed by atoms with E-state index in [0.717, 1.165) is 16.7 Å². The molecule has 7 nitrogen and oxygen atoms in total. The zero-order valence-corrected chi connectivity index (χ0v) is 18.1. The molecule has 1 aliphatic rings. The molecule has 0 spiro atoms. The summed E-state index contributed by atoms with van der Waals surface area (Å²) in [5.74, 6) is 0.445. The van der Waals surface area contributed by atoms with Crippen molar-refractivity contribution in [2.24, 2.45) is 0 Å². The van der Waals surface area contributed by atoms with E-state index in [0.29, 0.717) is 27.1 Å². The van der Waals surface area contributed by atoms with Gasteiger partial charge in [-0.05, 0) is 60.0 Å². The SMILES string of the molecule is COc1ccc(NC(=O)c2sc3c(c2C)[C@@H](c2ccc(OC)c(O)c2)CC(=O)N3)cc1. The maximum Gasteiger partial charge on any atom is 0.266 e. The minimum atomic E-state index is -0.264. The van der Waals surface area contributed by atoms with Crippen molar-refractivity contribution >= 4 is 33.8 Å². The standard InChI is InChI=1S/C23H22N2O5S/c1-12-20-16(13-4-9-18(30-3)17(26)10-13)11-19(27)25-23(20)31-21(12)22(28)24-14-5-7-15(29-2)8-6-14/h4-10,16,26H,11H2,1-3H3,(H,24,28)(H,25,27)/t16-/m1/s1. The van der Waals surface area contributed by atoms with E-state index in [1.54, 1.807) is 43.5 Å². The van der Waals surface area contributed by atoms with Crippen molar-refractivity contribution in [1.29, 1.82) is 0 Å². The van der Waals surface area contributed by atoms with Crippen LogP contribution in [-0.2, 0) is 4.79 Å². The number of anilines is 2. The second-order valence-corrected chi connectivity index (χ2v) is 8.24. The van der Waals surface area contributed by atoms with Gasteiger partial charge in [-0.2, -0.15) is 0 Å². The molecule has 1 atom stereocenters. The Morgan fingerprint density at radius 2 is 1.90 bits per heavy atom. The average Bonchev–Trinajstić information content (AvgIpc) is 3.10. The molecule has 0 radical (unpaired) electrons. The first-order valence-electron chi connectivity index (χ1n) is 9.66. The molecule has 0 saturated carbocycles. The Hall–Kier alpha value is -3.52. The number of thiophene rings is 1. The van der Waals surface area contributed by atoms with Gasteiger partial charge in [0.25, 0.3) is 5.91 Å². The average molecular weight is 439 g/mol. The summed E-state index contributed by atoms with van der Waals surface area (Å²) in [6.07, 6.45) is 0.232. The number of carbonyl (C=O) groups is 2. The zero-order chi connectivity index (χ0) is 22.1. The number of carbonyl (C=O) groups excluding carboxylic acids is 2. The fraction of sp³-hybridized carbons (Fsp3) is 0.217. The van der Waals surface area contributed by atoms with E-state index < -0.39 is 0 Å². The highest BCUT2D eigenvalue weighted by Gasteiger charge is 2.33. The van der Waals surface area contributed by atoms with Crippen LogP contribution in [0.1, 0.15) is 38.7 Å². The lowest BCUT2D eigenvalue weighted by atomic mass is 9.84. The van der Waals surface area contributed by atoms with Crippen molar-refractivity contribution < 1.29 is 24.2 Å². The van der Waals surface area contributed by atoms with Crippen LogP contribution in [0.25, 0.3) is 0 Å². The van der Waals surface area contributed by atoms with E-state index in [1.807, 2.05) is 13.0 Å². The van der Waals surface area contributed by atoms with Gasteiger partial charge in [0.1, 0.15) is 5.75 Å². The summed E-state index contributed by atoms with van der Waals surface area (Å²) < 4.78 is 10.3. The van der Waals surface area contributed by atoms with Crippen molar-refractivity contribution in [2.45, 2.75) is 19.3 Å². The first kappa shape index (κ1) is 20.7. The third kappa shape index (κ3) is 3.94. The molecule has 4 rings (SSSR count). The Morgan fingerprint density at radius 1 is 1.16 bits per heavy atom. The van der Waals surface area contributed by atoms with E-state index in [-0.39, 0.29) is 29.9 Å². The van der Waals surface area contributed by atoms with Gasteiger partial charge in [0.15, 0.2) is 11.5 Å². The molecular formula is C23H22N2O5S. The summed E-state index contributed by atoms with van der Waals surface area (Å²) in [6, 6.07) is 12.2. The monoisotopic (exact) mass is 438 g/mol. The molecular weight excluding hydrogens is 416 g/mol. The van der Waals surface area contributed by atoms with Crippen LogP contribution in [0.2, 0.25) is 0 Å². The lowest BCUT2D eigenvalue weighted by Gasteiger charge is -2.24. The van der Waals surface area contributed by atoms with Gasteiger partial charge in [-0.3, -0.25) is 9.59 Å². The third-order valence-electron chi connectivity index (χ3n) is 5.34. The van der Waals surface area contributed by atoms with Crippen LogP contribution in [-0.4, -0.2) is 31.1 Å². The van der Waals surface area contributed by atoms with E-state index in [9.17, 15) is 14.7 Å². The molecule has 0 aliphatic carbocycles. The summed E-state index contributed by atoms with van der Waals surface area (Å²) in [7, 11) is 3.07. The minimum Gasteiger partial charge on any atom is -0.504 e. The van der Waals surface area contributed by atoms with Crippen molar-refractivity contribution in [3.63, 3.8) is 0 Å². The predicted molar refractivity (Wildman–Crippen MR) is 120 cm³/mol. The van der Waals surface area contributed by atoms with Gasteiger partial charge < -0.3 is 25.2 Å². The van der Waals surface area contributed by atoms with Crippen molar-refractivity contribution in [3.05, 3.63) is 64.0 Å². The van der Waals surface area contributed by atoms with E-state index in [4.69, 9.17) is 9.47 Å².